The third-order valence-corrected chi connectivity index (χ3v) is 9.29. The average Bonchev–Trinajstić information content (AvgIpc) is 1.97. The highest BCUT2D eigenvalue weighted by atomic mass is 31.3. The van der Waals surface area contributed by atoms with E-state index >= 15 is 0 Å². The lowest BCUT2D eigenvalue weighted by atomic mass is 15.7. The Morgan fingerprint density at radius 2 is 0.640 bits per heavy atom. The first-order valence-electron chi connectivity index (χ1n) is 4.52. The van der Waals surface area contributed by atoms with Gasteiger partial charge in [0, 0.05) is 0 Å². The van der Waals surface area contributed by atoms with Gasteiger partial charge in [0.15, 0.2) is 0 Å². The van der Waals surface area contributed by atoms with Crippen LogP contribution < -0.4 is 0 Å². The third kappa shape index (κ3) is 13.6. The molecule has 0 saturated carbocycles. The lowest BCUT2D eigenvalue weighted by Crippen LogP contribution is -2.00. The molecule has 25 heavy (non-hydrogen) atoms. The molecule has 0 aromatic rings. The Bertz CT molecular complexity index is 699. The highest BCUT2D eigenvalue weighted by molar-refractivity contribution is 7.74. The monoisotopic (exact) mass is 498 g/mol. The highest BCUT2D eigenvalue weighted by Gasteiger charge is 2.51. The Kier molecular flexibility index (Phi) is 8.35. The van der Waals surface area contributed by atoms with Crippen molar-refractivity contribution in [2.45, 2.75) is 0 Å². The van der Waals surface area contributed by atoms with E-state index in [0.717, 1.165) is 0 Å². The second kappa shape index (κ2) is 8.08. The zero-order valence-electron chi connectivity index (χ0n) is 10.8. The van der Waals surface area contributed by atoms with Gasteiger partial charge in [-0.2, -0.15) is 21.6 Å². The molecule has 2 atom stereocenters. The van der Waals surface area contributed by atoms with Gasteiger partial charge in [-0.25, -0.2) is 27.4 Å². The molecule has 0 radical (unpaired) electrons. The van der Waals surface area contributed by atoms with Crippen LogP contribution in [0.2, 0.25) is 0 Å². The molecule has 152 valence electrons. The van der Waals surface area contributed by atoms with Crippen LogP contribution in [-0.4, -0.2) is 39.1 Å². The lowest BCUT2D eigenvalue weighted by Gasteiger charge is -2.21. The molecule has 19 nitrogen and oxygen atoms in total. The maximum Gasteiger partial charge on any atom is 0.501 e. The summed E-state index contributed by atoms with van der Waals surface area (Å²) < 4.78 is 81.3. The fourth-order valence-electron chi connectivity index (χ4n) is 0.726. The van der Waals surface area contributed by atoms with Crippen molar-refractivity contribution in [3.63, 3.8) is 0 Å². The molecule has 0 heterocycles. The molecule has 0 saturated heterocycles. The Morgan fingerprint density at radius 1 is 0.400 bits per heavy atom. The molecule has 0 fully saturated rings. The molecular weight excluding hydrogens is 490 g/mol. The fourth-order valence-corrected chi connectivity index (χ4v) is 7.88. The predicted octanol–water partition coefficient (Wildman–Crippen LogP) is -0.344. The summed E-state index contributed by atoms with van der Waals surface area (Å²) in [6.45, 7) is 0. The number of rotatable bonds is 10. The maximum atomic E-state index is 11.7. The summed E-state index contributed by atoms with van der Waals surface area (Å²) in [4.78, 5) is 67.8. The first-order valence-corrected chi connectivity index (χ1v) is 13.6. The standard InChI is InChI=1S/H8O19P6/c1-20(2,3)15-23(10,11)18-25(14,17-22(7,8)9)19-24(12,13)16-21(4,5)6/h(H,10,11)(H,12,13)(H2,1,2,3)(H2,4,5,6)(H2,7,8,9). The van der Waals surface area contributed by atoms with Gasteiger partial charge < -0.3 is 39.1 Å². The minimum Gasteiger partial charge on any atom is -0.302 e. The number of hydrogen-bond donors (Lipinski definition) is 8. The van der Waals surface area contributed by atoms with Gasteiger partial charge >= 0.3 is 46.9 Å². The minimum absolute atomic E-state index is 3.06. The van der Waals surface area contributed by atoms with E-state index in [9.17, 15) is 27.4 Å². The van der Waals surface area contributed by atoms with Crippen LogP contribution in [0.5, 0.6) is 0 Å². The lowest BCUT2D eigenvalue weighted by molar-refractivity contribution is 0.180. The summed E-state index contributed by atoms with van der Waals surface area (Å²) >= 11 is 0. The van der Waals surface area contributed by atoms with Gasteiger partial charge in [-0.3, -0.25) is 0 Å². The molecule has 0 rings (SSSR count). The first-order chi connectivity index (χ1) is 10.5. The molecule has 0 amide bonds. The van der Waals surface area contributed by atoms with Gasteiger partial charge in [0.1, 0.15) is 0 Å². The molecule has 0 aliphatic heterocycles. The van der Waals surface area contributed by atoms with Crippen molar-refractivity contribution in [2.75, 3.05) is 0 Å². The highest BCUT2D eigenvalue weighted by Crippen LogP contribution is 2.77. The number of phosphoric acid groups is 6. The molecular formula is H8O19P6. The van der Waals surface area contributed by atoms with Crippen LogP contribution in [0, 0.1) is 0 Å². The van der Waals surface area contributed by atoms with Crippen molar-refractivity contribution in [3.05, 3.63) is 0 Å². The van der Waals surface area contributed by atoms with Crippen LogP contribution in [-0.2, 0) is 48.9 Å². The van der Waals surface area contributed by atoms with Gasteiger partial charge in [0.25, 0.3) is 0 Å². The maximum absolute atomic E-state index is 11.7. The molecule has 0 aliphatic rings. The van der Waals surface area contributed by atoms with Gasteiger partial charge in [-0.15, -0.1) is 0 Å². The largest absolute Gasteiger partial charge is 0.501 e. The summed E-state index contributed by atoms with van der Waals surface area (Å²) in [5.41, 5.74) is 0. The molecule has 0 aromatic heterocycles. The first kappa shape index (κ1) is 25.9. The number of hydrogen-bond acceptors (Lipinski definition) is 11. The second-order valence-electron chi connectivity index (χ2n) is 3.26. The summed E-state index contributed by atoms with van der Waals surface area (Å²) in [6.07, 6.45) is 0. The van der Waals surface area contributed by atoms with Crippen LogP contribution in [0.1, 0.15) is 0 Å². The van der Waals surface area contributed by atoms with Crippen molar-refractivity contribution < 1.29 is 88.1 Å². The second-order valence-corrected chi connectivity index (χ2v) is 12.2. The van der Waals surface area contributed by atoms with Gasteiger partial charge in [0.05, 0.1) is 0 Å². The SMILES string of the molecule is O=P(O)(O)OP(=O)(O)OP(=O)(OP(=O)(O)O)OP(=O)(O)OP(=O)(O)O. The predicted molar refractivity (Wildman–Crippen MR) is 68.8 cm³/mol. The van der Waals surface area contributed by atoms with E-state index in [1.165, 1.54) is 0 Å². The minimum atomic E-state index is -6.48. The molecule has 0 aliphatic carbocycles. The van der Waals surface area contributed by atoms with E-state index in [1.807, 2.05) is 0 Å². The van der Waals surface area contributed by atoms with Gasteiger partial charge in [-0.05, 0) is 0 Å². The van der Waals surface area contributed by atoms with Crippen molar-refractivity contribution in [3.8, 4) is 0 Å². The molecule has 0 bridgehead atoms. The smallest absolute Gasteiger partial charge is 0.302 e. The molecule has 0 spiro atoms. The van der Waals surface area contributed by atoms with Crippen LogP contribution in [0.25, 0.3) is 0 Å². The average molecular weight is 498 g/mol. The molecule has 25 heteroatoms. The molecule has 8 N–H and O–H groups in total. The normalized spacial score (nSPS) is 21.1. The Hall–Kier alpha value is 0.860. The van der Waals surface area contributed by atoms with Crippen LogP contribution in [0.4, 0.5) is 0 Å². The zero-order valence-corrected chi connectivity index (χ0v) is 16.1. The summed E-state index contributed by atoms with van der Waals surface area (Å²) in [7, 11) is -36.8. The van der Waals surface area contributed by atoms with Crippen LogP contribution in [0.15, 0.2) is 0 Å². The van der Waals surface area contributed by atoms with Crippen molar-refractivity contribution >= 4 is 46.9 Å². The molecule has 0 aromatic carbocycles. The molecule has 2 unspecified atom stereocenters. The van der Waals surface area contributed by atoms with E-state index in [4.69, 9.17) is 39.1 Å². The third-order valence-electron chi connectivity index (χ3n) is 1.03. The van der Waals surface area contributed by atoms with Crippen LogP contribution >= 0.6 is 46.9 Å². The van der Waals surface area contributed by atoms with Gasteiger partial charge in [-0.1, -0.05) is 0 Å². The topological polar surface area (TPSA) is 310 Å². The van der Waals surface area contributed by atoms with E-state index in [-0.39, 0.29) is 0 Å². The summed E-state index contributed by atoms with van der Waals surface area (Å²) in [5, 5.41) is 0. The van der Waals surface area contributed by atoms with E-state index in [1.54, 1.807) is 0 Å². The fraction of sp³-hybridized carbons (Fsp3) is 0. The Morgan fingerprint density at radius 3 is 0.840 bits per heavy atom. The zero-order chi connectivity index (χ0) is 20.5. The van der Waals surface area contributed by atoms with E-state index in [2.05, 4.69) is 21.6 Å². The van der Waals surface area contributed by atoms with E-state index < -0.39 is 46.9 Å². The summed E-state index contributed by atoms with van der Waals surface area (Å²) in [6, 6.07) is 0. The quantitative estimate of drug-likeness (QED) is 0.179. The Labute approximate surface area is 136 Å². The van der Waals surface area contributed by atoms with Crippen LogP contribution in [0.3, 0.4) is 0 Å². The summed E-state index contributed by atoms with van der Waals surface area (Å²) in [5.74, 6) is 0. The van der Waals surface area contributed by atoms with Gasteiger partial charge in [0.2, 0.25) is 0 Å². The Balaban J connectivity index is 5.76. The van der Waals surface area contributed by atoms with Crippen molar-refractivity contribution in [1.29, 1.82) is 0 Å². The van der Waals surface area contributed by atoms with Crippen molar-refractivity contribution in [1.82, 2.24) is 0 Å². The van der Waals surface area contributed by atoms with Crippen molar-refractivity contribution in [2.24, 2.45) is 0 Å². The van der Waals surface area contributed by atoms with E-state index in [0.29, 0.717) is 0 Å².